The van der Waals surface area contributed by atoms with Crippen molar-refractivity contribution in [1.82, 2.24) is 0 Å². The summed E-state index contributed by atoms with van der Waals surface area (Å²) in [7, 11) is 0. The number of thiophene rings is 1. The molecule has 1 unspecified atom stereocenters. The molecule has 9 aromatic carbocycles. The fourth-order valence-corrected chi connectivity index (χ4v) is 9.69. The maximum Gasteiger partial charge on any atom is 0.0714 e. The van der Waals surface area contributed by atoms with Gasteiger partial charge in [-0.15, -0.1) is 11.3 Å². The first-order valence-corrected chi connectivity index (χ1v) is 19.2. The Morgan fingerprint density at radius 3 is 2.02 bits per heavy atom. The Morgan fingerprint density at radius 2 is 1.15 bits per heavy atom. The van der Waals surface area contributed by atoms with Gasteiger partial charge in [-0.05, 0) is 104 Å². The molecule has 11 rings (SSSR count). The first-order chi connectivity index (χ1) is 30.2. The number of rotatable bonds is 6. The minimum absolute atomic E-state index is 0.0660. The van der Waals surface area contributed by atoms with E-state index in [0.29, 0.717) is 0 Å². The summed E-state index contributed by atoms with van der Waals surface area (Å²) in [5.74, 6) is 0. The van der Waals surface area contributed by atoms with E-state index in [4.69, 9.17) is 5.48 Å². The fourth-order valence-electron chi connectivity index (χ4n) is 8.60. The van der Waals surface area contributed by atoms with E-state index < -0.39 is 29.6 Å². The Morgan fingerprint density at radius 1 is 0.455 bits per heavy atom. The molecule has 1 atom stereocenters. The van der Waals surface area contributed by atoms with Crippen molar-refractivity contribution < 1.29 is 9.60 Å². The highest BCUT2D eigenvalue weighted by Gasteiger charge is 2.46. The van der Waals surface area contributed by atoms with Crippen molar-refractivity contribution in [3.05, 3.63) is 234 Å². The Hall–Kier alpha value is -6.74. The number of fused-ring (bicyclic) bond motifs is 7. The van der Waals surface area contributed by atoms with Gasteiger partial charge in [-0.2, -0.15) is 0 Å². The first kappa shape index (κ1) is 25.3. The highest BCUT2D eigenvalue weighted by Crippen LogP contribution is 2.58. The molecule has 55 heavy (non-hydrogen) atoms. The average molecular weight is 725 g/mol. The van der Waals surface area contributed by atoms with E-state index in [1.807, 2.05) is 72.8 Å². The van der Waals surface area contributed by atoms with Gasteiger partial charge < -0.3 is 4.90 Å². The monoisotopic (exact) mass is 724 g/mol. The third-order valence-electron chi connectivity index (χ3n) is 11.0. The standard InChI is InChI=1S/C53H35NS/c1-3-16-37(17-4-1)43-21-10-13-25-50(43)54(41-19-5-2-6-20-41)42-30-31-49-46(35-42)44-22-9-12-24-48(44)53(49,39-28-27-36-15-7-8-18-38(36)33-39)40-29-32-52-47(34-40)45-23-11-14-26-51(45)55-52/h1-35H/i7D,8D,15D,18D,27D,28D,33D. The zero-order chi connectivity index (χ0) is 42.4. The van der Waals surface area contributed by atoms with Crippen molar-refractivity contribution in [3.63, 3.8) is 0 Å². The molecular formula is C53H35NS. The Labute approximate surface area is 334 Å². The van der Waals surface area contributed by atoms with Crippen LogP contribution in [0.5, 0.6) is 0 Å². The Kier molecular flexibility index (Phi) is 5.84. The minimum atomic E-state index is -1.34. The fraction of sp³-hybridized carbons (Fsp3) is 0.0189. The predicted molar refractivity (Wildman–Crippen MR) is 234 cm³/mol. The molecule has 1 aliphatic rings. The number of anilines is 3. The lowest BCUT2D eigenvalue weighted by molar-refractivity contribution is 0.771. The van der Waals surface area contributed by atoms with Crippen LogP contribution in [0.4, 0.5) is 17.1 Å². The molecule has 0 radical (unpaired) electrons. The van der Waals surface area contributed by atoms with Gasteiger partial charge in [0.2, 0.25) is 0 Å². The lowest BCUT2D eigenvalue weighted by Crippen LogP contribution is -2.28. The van der Waals surface area contributed by atoms with Gasteiger partial charge in [0.25, 0.3) is 0 Å². The molecule has 0 bridgehead atoms. The molecule has 10 aromatic rings. The number of hydrogen-bond acceptors (Lipinski definition) is 2. The molecular weight excluding hydrogens is 683 g/mol. The molecule has 1 aliphatic carbocycles. The van der Waals surface area contributed by atoms with E-state index in [9.17, 15) is 4.11 Å². The normalized spacial score (nSPS) is 16.4. The second kappa shape index (κ2) is 12.7. The Bertz CT molecular complexity index is 3460. The molecule has 1 aromatic heterocycles. The molecule has 0 saturated heterocycles. The topological polar surface area (TPSA) is 3.24 Å². The molecule has 0 amide bonds. The lowest BCUT2D eigenvalue weighted by atomic mass is 9.67. The van der Waals surface area contributed by atoms with E-state index in [1.54, 1.807) is 11.3 Å². The van der Waals surface area contributed by atoms with Gasteiger partial charge in [0.15, 0.2) is 0 Å². The molecule has 2 heteroatoms. The lowest BCUT2D eigenvalue weighted by Gasteiger charge is -2.34. The van der Waals surface area contributed by atoms with Crippen LogP contribution in [-0.2, 0) is 5.41 Å². The third-order valence-corrected chi connectivity index (χ3v) is 12.1. The second-order valence-electron chi connectivity index (χ2n) is 13.9. The van der Waals surface area contributed by atoms with Crippen LogP contribution in [0.25, 0.3) is 53.2 Å². The van der Waals surface area contributed by atoms with Crippen molar-refractivity contribution in [2.24, 2.45) is 0 Å². The summed E-state index contributed by atoms with van der Waals surface area (Å²) in [5.41, 5.74) is 8.09. The van der Waals surface area contributed by atoms with Gasteiger partial charge in [0.05, 0.1) is 20.7 Å². The summed E-state index contributed by atoms with van der Waals surface area (Å²) in [5, 5.41) is 1.93. The van der Waals surface area contributed by atoms with Crippen LogP contribution in [0.1, 0.15) is 31.8 Å². The number of nitrogens with zero attached hydrogens (tertiary/aromatic N) is 1. The summed E-state index contributed by atoms with van der Waals surface area (Å²) >= 11 is 1.70. The summed E-state index contributed by atoms with van der Waals surface area (Å²) in [6.45, 7) is 0. The molecule has 0 spiro atoms. The van der Waals surface area contributed by atoms with Gasteiger partial charge >= 0.3 is 0 Å². The maximum absolute atomic E-state index is 10.1. The number of para-hydroxylation sites is 2. The maximum atomic E-state index is 10.1. The van der Waals surface area contributed by atoms with Crippen molar-refractivity contribution in [2.75, 3.05) is 4.90 Å². The van der Waals surface area contributed by atoms with Crippen LogP contribution < -0.4 is 4.90 Å². The smallest absolute Gasteiger partial charge is 0.0714 e. The number of hydrogen-bond donors (Lipinski definition) is 0. The zero-order valence-electron chi connectivity index (χ0n) is 36.5. The van der Waals surface area contributed by atoms with Crippen molar-refractivity contribution in [3.8, 4) is 22.3 Å². The first-order valence-electron chi connectivity index (χ1n) is 21.9. The predicted octanol–water partition coefficient (Wildman–Crippen LogP) is 14.7. The van der Waals surface area contributed by atoms with Crippen molar-refractivity contribution in [2.45, 2.75) is 5.41 Å². The van der Waals surface area contributed by atoms with E-state index in [2.05, 4.69) is 102 Å². The molecule has 0 N–H and O–H groups in total. The zero-order valence-corrected chi connectivity index (χ0v) is 30.3. The average Bonchev–Trinajstić information content (AvgIpc) is 3.83. The van der Waals surface area contributed by atoms with Crippen LogP contribution >= 0.6 is 11.3 Å². The van der Waals surface area contributed by atoms with E-state index in [1.165, 1.54) is 0 Å². The third kappa shape index (κ3) is 4.92. The molecule has 1 heterocycles. The summed E-state index contributed by atoms with van der Waals surface area (Å²) < 4.78 is 66.7. The highest BCUT2D eigenvalue weighted by molar-refractivity contribution is 7.25. The van der Waals surface area contributed by atoms with E-state index in [-0.39, 0.29) is 34.5 Å². The van der Waals surface area contributed by atoms with Crippen LogP contribution in [-0.4, -0.2) is 0 Å². The van der Waals surface area contributed by atoms with Gasteiger partial charge in [-0.3, -0.25) is 0 Å². The molecule has 0 saturated carbocycles. The number of benzene rings is 9. The van der Waals surface area contributed by atoms with Gasteiger partial charge in [-0.1, -0.05) is 158 Å². The molecule has 1 nitrogen and oxygen atoms in total. The molecule has 0 fully saturated rings. The van der Waals surface area contributed by atoms with Gasteiger partial charge in [0, 0.05) is 37.1 Å². The van der Waals surface area contributed by atoms with Crippen LogP contribution in [0, 0.1) is 0 Å². The molecule has 258 valence electrons. The quantitative estimate of drug-likeness (QED) is 0.165. The van der Waals surface area contributed by atoms with Crippen LogP contribution in [0.2, 0.25) is 0 Å². The largest absolute Gasteiger partial charge is 0.310 e. The van der Waals surface area contributed by atoms with E-state index in [0.717, 1.165) is 76.2 Å². The van der Waals surface area contributed by atoms with Gasteiger partial charge in [-0.25, -0.2) is 0 Å². The summed E-state index contributed by atoms with van der Waals surface area (Å²) in [6.07, 6.45) is 0. The SMILES string of the molecule is [2H]c1c([2H])c([2H])c2c([2H])c(C3(c4ccc5sc6ccccc6c5c4)c4ccccc4-c4cc(N(c5ccccc5)c5ccccc5-c5ccccc5)ccc43)c([2H])c([2H])c2c1[2H]. The minimum Gasteiger partial charge on any atom is -0.310 e. The molecule has 0 aliphatic heterocycles. The van der Waals surface area contributed by atoms with E-state index >= 15 is 0 Å². The van der Waals surface area contributed by atoms with Crippen molar-refractivity contribution >= 4 is 59.3 Å². The summed E-state index contributed by atoms with van der Waals surface area (Å²) in [4.78, 5) is 2.26. The summed E-state index contributed by atoms with van der Waals surface area (Å²) in [6, 6.07) is 55.4. The van der Waals surface area contributed by atoms with Crippen LogP contribution in [0.15, 0.2) is 212 Å². The Balaban J connectivity index is 1.26. The van der Waals surface area contributed by atoms with Crippen LogP contribution in [0.3, 0.4) is 0 Å². The second-order valence-corrected chi connectivity index (χ2v) is 15.0. The van der Waals surface area contributed by atoms with Gasteiger partial charge in [0.1, 0.15) is 0 Å². The highest BCUT2D eigenvalue weighted by atomic mass is 32.1. The van der Waals surface area contributed by atoms with Crippen molar-refractivity contribution in [1.29, 1.82) is 0 Å².